The molecule has 0 spiro atoms. The van der Waals surface area contributed by atoms with Gasteiger partial charge in [-0.05, 0) is 53.7 Å². The van der Waals surface area contributed by atoms with Crippen LogP contribution < -0.4 is 20.0 Å². The number of carbonyl (C=O) groups is 1. The first-order valence-electron chi connectivity index (χ1n) is 12.1. The molecule has 2 aromatic heterocycles. The molecule has 0 radical (unpaired) electrons. The van der Waals surface area contributed by atoms with E-state index in [0.717, 1.165) is 78.5 Å². The summed E-state index contributed by atoms with van der Waals surface area (Å²) in [5.74, 6) is 2.11. The second-order valence-electron chi connectivity index (χ2n) is 9.24. The van der Waals surface area contributed by atoms with Gasteiger partial charge in [-0.25, -0.2) is 15.0 Å². The third-order valence-electron chi connectivity index (χ3n) is 6.77. The Morgan fingerprint density at radius 1 is 1.14 bits per heavy atom. The zero-order valence-corrected chi connectivity index (χ0v) is 22.1. The number of rotatable bonds is 6. The minimum absolute atomic E-state index is 0.161. The molecule has 11 heteroatoms. The number of amides is 1. The summed E-state index contributed by atoms with van der Waals surface area (Å²) in [4.78, 5) is 39.4. The fourth-order valence-corrected chi connectivity index (χ4v) is 4.80. The van der Waals surface area contributed by atoms with Crippen molar-refractivity contribution in [2.24, 2.45) is 0 Å². The average Bonchev–Trinajstić information content (AvgIpc) is 3.36. The summed E-state index contributed by atoms with van der Waals surface area (Å²) in [7, 11) is 3.88. The van der Waals surface area contributed by atoms with Gasteiger partial charge in [0.05, 0.1) is 9.99 Å². The zero-order chi connectivity index (χ0) is 25.2. The largest absolute Gasteiger partial charge is 0.354 e. The van der Waals surface area contributed by atoms with Crippen molar-refractivity contribution in [1.29, 1.82) is 0 Å². The Balaban J connectivity index is 1.47. The molecule has 1 N–H and O–H groups in total. The molecular weight excluding hydrogens is 522 g/mol. The van der Waals surface area contributed by atoms with Crippen LogP contribution in [-0.2, 0) is 4.79 Å². The number of piperazine rings is 1. The smallest absolute Gasteiger partial charge is 0.250 e. The fraction of sp³-hybridized carbons (Fsp3) is 0.400. The van der Waals surface area contributed by atoms with Gasteiger partial charge < -0.3 is 24.9 Å². The van der Waals surface area contributed by atoms with Crippen LogP contribution >= 0.6 is 15.9 Å². The van der Waals surface area contributed by atoms with Crippen LogP contribution in [0.15, 0.2) is 47.7 Å². The standard InChI is InChI=1S/C25H30BrN9O/c1-4-22(36)33(3)19-5-6-20-21(13-19)30-25(34-11-9-32(2)10-12-34)31-23(20)35-8-7-18(16-35)29-24-27-14-17(26)15-28-24/h4-6,13-15,18H,1,7-12,16H2,2-3H3,(H,27,28,29)/t18-/m1/s1. The van der Waals surface area contributed by atoms with Gasteiger partial charge in [-0.1, -0.05) is 6.58 Å². The van der Waals surface area contributed by atoms with E-state index in [9.17, 15) is 4.79 Å². The topological polar surface area (TPSA) is 93.6 Å². The first-order valence-corrected chi connectivity index (χ1v) is 12.8. The lowest BCUT2D eigenvalue weighted by Crippen LogP contribution is -2.45. The van der Waals surface area contributed by atoms with Gasteiger partial charge in [0.15, 0.2) is 0 Å². The maximum Gasteiger partial charge on any atom is 0.250 e. The average molecular weight is 552 g/mol. The second kappa shape index (κ2) is 10.4. The SMILES string of the molecule is C=CC(=O)N(C)c1ccc2c(N3CC[C@@H](Nc4ncc(Br)cn4)C3)nc(N3CCN(C)CC3)nc2c1. The van der Waals surface area contributed by atoms with Gasteiger partial charge in [-0.2, -0.15) is 4.98 Å². The van der Waals surface area contributed by atoms with Crippen LogP contribution in [0.5, 0.6) is 0 Å². The monoisotopic (exact) mass is 551 g/mol. The van der Waals surface area contributed by atoms with Crippen LogP contribution in [0.25, 0.3) is 10.9 Å². The number of aromatic nitrogens is 4. The van der Waals surface area contributed by atoms with Gasteiger partial charge in [-0.3, -0.25) is 4.79 Å². The minimum atomic E-state index is -0.161. The molecule has 2 saturated heterocycles. The maximum atomic E-state index is 12.2. The number of anilines is 4. The van der Waals surface area contributed by atoms with Crippen LogP contribution in [0.3, 0.4) is 0 Å². The van der Waals surface area contributed by atoms with Gasteiger partial charge in [-0.15, -0.1) is 0 Å². The van der Waals surface area contributed by atoms with Crippen LogP contribution in [0.1, 0.15) is 6.42 Å². The Morgan fingerprint density at radius 3 is 2.61 bits per heavy atom. The van der Waals surface area contributed by atoms with Crippen molar-refractivity contribution < 1.29 is 4.79 Å². The molecule has 0 bridgehead atoms. The molecule has 36 heavy (non-hydrogen) atoms. The molecule has 1 aromatic carbocycles. The van der Waals surface area contributed by atoms with Crippen LogP contribution in [0, 0.1) is 0 Å². The Morgan fingerprint density at radius 2 is 1.89 bits per heavy atom. The summed E-state index contributed by atoms with van der Waals surface area (Å²) in [5.41, 5.74) is 1.59. The Bertz CT molecular complexity index is 1260. The highest BCUT2D eigenvalue weighted by Gasteiger charge is 2.27. The first kappa shape index (κ1) is 24.4. The number of nitrogens with one attached hydrogen (secondary N) is 1. The van der Waals surface area contributed by atoms with Gasteiger partial charge in [0, 0.05) is 75.8 Å². The first-order chi connectivity index (χ1) is 17.4. The molecule has 5 rings (SSSR count). The predicted molar refractivity (Wildman–Crippen MR) is 147 cm³/mol. The third-order valence-corrected chi connectivity index (χ3v) is 7.18. The lowest BCUT2D eigenvalue weighted by molar-refractivity contribution is -0.113. The molecule has 2 aliphatic rings. The summed E-state index contributed by atoms with van der Waals surface area (Å²) in [5, 5.41) is 4.41. The Labute approximate surface area is 219 Å². The Kier molecular flexibility index (Phi) is 7.01. The van der Waals surface area contributed by atoms with E-state index in [2.05, 4.69) is 59.5 Å². The minimum Gasteiger partial charge on any atom is -0.354 e. The van der Waals surface area contributed by atoms with Gasteiger partial charge in [0.2, 0.25) is 17.8 Å². The quantitative estimate of drug-likeness (QED) is 0.464. The van der Waals surface area contributed by atoms with Crippen molar-refractivity contribution in [3.8, 4) is 0 Å². The van der Waals surface area contributed by atoms with Crippen molar-refractivity contribution in [1.82, 2.24) is 24.8 Å². The molecule has 3 aromatic rings. The van der Waals surface area contributed by atoms with E-state index in [0.29, 0.717) is 5.95 Å². The summed E-state index contributed by atoms with van der Waals surface area (Å²) >= 11 is 3.38. The number of carbonyl (C=O) groups excluding carboxylic acids is 1. The predicted octanol–water partition coefficient (Wildman–Crippen LogP) is 2.77. The van der Waals surface area contributed by atoms with E-state index in [4.69, 9.17) is 9.97 Å². The number of halogens is 1. The Hall–Kier alpha value is -3.31. The van der Waals surface area contributed by atoms with Crippen molar-refractivity contribution in [3.63, 3.8) is 0 Å². The lowest BCUT2D eigenvalue weighted by Gasteiger charge is -2.33. The van der Waals surface area contributed by atoms with E-state index in [-0.39, 0.29) is 11.9 Å². The fourth-order valence-electron chi connectivity index (χ4n) is 4.59. The molecule has 10 nitrogen and oxygen atoms in total. The second-order valence-corrected chi connectivity index (χ2v) is 10.2. The molecule has 188 valence electrons. The van der Waals surface area contributed by atoms with E-state index in [1.54, 1.807) is 24.3 Å². The summed E-state index contributed by atoms with van der Waals surface area (Å²) in [6, 6.07) is 6.12. The highest BCUT2D eigenvalue weighted by atomic mass is 79.9. The molecule has 0 saturated carbocycles. The highest BCUT2D eigenvalue weighted by Crippen LogP contribution is 2.32. The van der Waals surface area contributed by atoms with E-state index in [1.165, 1.54) is 6.08 Å². The molecule has 4 heterocycles. The van der Waals surface area contributed by atoms with Crippen molar-refractivity contribution in [2.45, 2.75) is 12.5 Å². The van der Waals surface area contributed by atoms with Gasteiger partial charge >= 0.3 is 0 Å². The number of hydrogen-bond donors (Lipinski definition) is 1. The van der Waals surface area contributed by atoms with Crippen molar-refractivity contribution >= 4 is 56.1 Å². The molecule has 1 amide bonds. The van der Waals surface area contributed by atoms with E-state index in [1.807, 2.05) is 18.2 Å². The normalized spacial score (nSPS) is 18.5. The zero-order valence-electron chi connectivity index (χ0n) is 20.6. The molecule has 1 atom stereocenters. The number of hydrogen-bond acceptors (Lipinski definition) is 9. The van der Waals surface area contributed by atoms with Crippen molar-refractivity contribution in [2.75, 3.05) is 73.4 Å². The summed E-state index contributed by atoms with van der Waals surface area (Å²) < 4.78 is 0.852. The highest BCUT2D eigenvalue weighted by molar-refractivity contribution is 9.10. The molecular formula is C25H30BrN9O. The molecule has 0 unspecified atom stereocenters. The summed E-state index contributed by atoms with van der Waals surface area (Å²) in [6.07, 6.45) is 5.75. The third kappa shape index (κ3) is 5.12. The lowest BCUT2D eigenvalue weighted by atomic mass is 10.2. The van der Waals surface area contributed by atoms with Crippen LogP contribution in [-0.4, -0.2) is 90.1 Å². The van der Waals surface area contributed by atoms with Crippen molar-refractivity contribution in [3.05, 3.63) is 47.7 Å². The molecule has 2 fully saturated rings. The van der Waals surface area contributed by atoms with Crippen LogP contribution in [0.4, 0.5) is 23.4 Å². The van der Waals surface area contributed by atoms with E-state index >= 15 is 0 Å². The number of nitrogens with zero attached hydrogens (tertiary/aromatic N) is 8. The number of likely N-dealkylation sites (N-methyl/N-ethyl adjacent to an activating group) is 2. The number of benzene rings is 1. The maximum absolute atomic E-state index is 12.2. The summed E-state index contributed by atoms with van der Waals surface area (Å²) in [6.45, 7) is 8.94. The molecule has 2 aliphatic heterocycles. The van der Waals surface area contributed by atoms with Gasteiger partial charge in [0.25, 0.3) is 0 Å². The van der Waals surface area contributed by atoms with Gasteiger partial charge in [0.1, 0.15) is 5.82 Å². The van der Waals surface area contributed by atoms with E-state index < -0.39 is 0 Å². The van der Waals surface area contributed by atoms with Crippen LogP contribution in [0.2, 0.25) is 0 Å². The number of fused-ring (bicyclic) bond motifs is 1. The molecule has 0 aliphatic carbocycles.